The van der Waals surface area contributed by atoms with Crippen LogP contribution in [0.4, 0.5) is 0 Å². The molecule has 182 valence electrons. The average Bonchev–Trinajstić information content (AvgIpc) is 3.22. The summed E-state index contributed by atoms with van der Waals surface area (Å²) in [5, 5.41) is 0. The molecule has 0 aliphatic carbocycles. The minimum Gasteiger partial charge on any atom is -0.493 e. The lowest BCUT2D eigenvalue weighted by Crippen LogP contribution is -2.44. The number of methoxy groups -OCH3 is 2. The van der Waals surface area contributed by atoms with Crippen LogP contribution in [0.2, 0.25) is 0 Å². The molecular formula is C26H38N2O4S. The highest BCUT2D eigenvalue weighted by atomic mass is 32.1. The highest BCUT2D eigenvalue weighted by molar-refractivity contribution is 7.11. The maximum atomic E-state index is 13.4. The summed E-state index contributed by atoms with van der Waals surface area (Å²) in [5.74, 6) is 1.24. The number of rotatable bonds is 13. The van der Waals surface area contributed by atoms with Crippen molar-refractivity contribution in [2.75, 3.05) is 33.9 Å². The fraction of sp³-hybridized carbons (Fsp3) is 0.538. The first kappa shape index (κ1) is 26.7. The lowest BCUT2D eigenvalue weighted by Gasteiger charge is -2.28. The van der Waals surface area contributed by atoms with E-state index in [1.54, 1.807) is 30.5 Å². The number of carbonyl (C=O) groups excluding carboxylic acids is 2. The van der Waals surface area contributed by atoms with Crippen molar-refractivity contribution in [2.24, 2.45) is 5.92 Å². The van der Waals surface area contributed by atoms with Crippen molar-refractivity contribution in [2.45, 2.75) is 53.5 Å². The van der Waals surface area contributed by atoms with Crippen molar-refractivity contribution in [3.8, 4) is 11.5 Å². The first-order valence-corrected chi connectivity index (χ1v) is 12.4. The Bertz CT molecular complexity index is 909. The van der Waals surface area contributed by atoms with Gasteiger partial charge in [-0.1, -0.05) is 33.3 Å². The first-order valence-electron chi connectivity index (χ1n) is 11.6. The second-order valence-corrected chi connectivity index (χ2v) is 9.91. The molecule has 0 spiro atoms. The molecule has 0 unspecified atom stereocenters. The van der Waals surface area contributed by atoms with Gasteiger partial charge in [0, 0.05) is 28.8 Å². The molecule has 2 rings (SSSR count). The molecule has 0 bridgehead atoms. The SMILES string of the molecule is CCCCN(CC(=O)N(CCc1ccc(OC)c(OC)c1)Cc1ccc(C)s1)C(=O)C(C)C. The van der Waals surface area contributed by atoms with Crippen LogP contribution in [0.25, 0.3) is 0 Å². The van der Waals surface area contributed by atoms with Gasteiger partial charge in [-0.25, -0.2) is 0 Å². The molecule has 0 saturated carbocycles. The predicted molar refractivity (Wildman–Crippen MR) is 134 cm³/mol. The largest absolute Gasteiger partial charge is 0.493 e. The second-order valence-electron chi connectivity index (χ2n) is 8.54. The standard InChI is InChI=1S/C26H38N2O4S/c1-7-8-14-28(26(30)19(2)3)18-25(29)27(17-22-11-9-20(4)33-22)15-13-21-10-12-23(31-5)24(16-21)32-6/h9-12,16,19H,7-8,13-15,17-18H2,1-6H3. The minimum absolute atomic E-state index is 0.0216. The van der Waals surface area contributed by atoms with Gasteiger partial charge in [-0.05, 0) is 49.6 Å². The molecule has 7 heteroatoms. The average molecular weight is 475 g/mol. The van der Waals surface area contributed by atoms with Gasteiger partial charge in [0.05, 0.1) is 27.3 Å². The normalized spacial score (nSPS) is 10.9. The van der Waals surface area contributed by atoms with Crippen LogP contribution >= 0.6 is 11.3 Å². The van der Waals surface area contributed by atoms with Gasteiger partial charge < -0.3 is 19.3 Å². The Hall–Kier alpha value is -2.54. The predicted octanol–water partition coefficient (Wildman–Crippen LogP) is 4.93. The number of thiophene rings is 1. The Morgan fingerprint density at radius 2 is 1.73 bits per heavy atom. The van der Waals surface area contributed by atoms with Gasteiger partial charge in [0.2, 0.25) is 11.8 Å². The molecule has 1 aromatic heterocycles. The third-order valence-corrected chi connectivity index (χ3v) is 6.51. The summed E-state index contributed by atoms with van der Waals surface area (Å²) < 4.78 is 10.7. The van der Waals surface area contributed by atoms with E-state index in [4.69, 9.17) is 9.47 Å². The summed E-state index contributed by atoms with van der Waals surface area (Å²) in [6.07, 6.45) is 2.55. The fourth-order valence-corrected chi connectivity index (χ4v) is 4.50. The number of nitrogens with zero attached hydrogens (tertiary/aromatic N) is 2. The van der Waals surface area contributed by atoms with Gasteiger partial charge in [-0.3, -0.25) is 9.59 Å². The molecule has 33 heavy (non-hydrogen) atoms. The molecule has 0 atom stereocenters. The van der Waals surface area contributed by atoms with Crippen molar-refractivity contribution in [1.29, 1.82) is 0 Å². The number of ether oxygens (including phenoxy) is 2. The van der Waals surface area contributed by atoms with Crippen LogP contribution < -0.4 is 9.47 Å². The summed E-state index contributed by atoms with van der Waals surface area (Å²) in [7, 11) is 3.23. The lowest BCUT2D eigenvalue weighted by molar-refractivity contribution is -0.142. The number of carbonyl (C=O) groups is 2. The van der Waals surface area contributed by atoms with Crippen LogP contribution in [0.1, 0.15) is 48.9 Å². The third-order valence-electron chi connectivity index (χ3n) is 5.53. The van der Waals surface area contributed by atoms with Crippen molar-refractivity contribution < 1.29 is 19.1 Å². The van der Waals surface area contributed by atoms with E-state index in [9.17, 15) is 9.59 Å². The van der Waals surface area contributed by atoms with Gasteiger partial charge in [-0.15, -0.1) is 11.3 Å². The molecular weight excluding hydrogens is 436 g/mol. The Kier molecular flexibility index (Phi) is 10.7. The van der Waals surface area contributed by atoms with Gasteiger partial charge in [0.1, 0.15) is 0 Å². The van der Waals surface area contributed by atoms with Crippen molar-refractivity contribution in [3.63, 3.8) is 0 Å². The number of hydrogen-bond acceptors (Lipinski definition) is 5. The van der Waals surface area contributed by atoms with Crippen molar-refractivity contribution in [3.05, 3.63) is 45.6 Å². The highest BCUT2D eigenvalue weighted by Gasteiger charge is 2.23. The number of amides is 2. The van der Waals surface area contributed by atoms with Crippen LogP contribution in [-0.4, -0.2) is 55.5 Å². The molecule has 2 aromatic rings. The van der Waals surface area contributed by atoms with Gasteiger partial charge in [0.15, 0.2) is 11.5 Å². The summed E-state index contributed by atoms with van der Waals surface area (Å²) in [5.41, 5.74) is 1.06. The van der Waals surface area contributed by atoms with Gasteiger partial charge in [-0.2, -0.15) is 0 Å². The summed E-state index contributed by atoms with van der Waals surface area (Å²) in [4.78, 5) is 32.1. The Balaban J connectivity index is 2.18. The Morgan fingerprint density at radius 1 is 1.00 bits per heavy atom. The fourth-order valence-electron chi connectivity index (χ4n) is 3.59. The van der Waals surface area contributed by atoms with E-state index in [0.29, 0.717) is 37.6 Å². The van der Waals surface area contributed by atoms with E-state index in [2.05, 4.69) is 26.0 Å². The van der Waals surface area contributed by atoms with Crippen molar-refractivity contribution >= 4 is 23.2 Å². The second kappa shape index (κ2) is 13.2. The lowest BCUT2D eigenvalue weighted by atomic mass is 10.1. The van der Waals surface area contributed by atoms with E-state index in [1.807, 2.05) is 36.9 Å². The molecule has 6 nitrogen and oxygen atoms in total. The molecule has 0 N–H and O–H groups in total. The minimum atomic E-state index is -0.130. The van der Waals surface area contributed by atoms with Crippen LogP contribution in [0, 0.1) is 12.8 Å². The number of hydrogen-bond donors (Lipinski definition) is 0. The van der Waals surface area contributed by atoms with Crippen LogP contribution in [-0.2, 0) is 22.6 Å². The maximum absolute atomic E-state index is 13.4. The molecule has 0 aliphatic heterocycles. The molecule has 0 radical (unpaired) electrons. The maximum Gasteiger partial charge on any atom is 0.242 e. The Morgan fingerprint density at radius 3 is 2.30 bits per heavy atom. The first-order chi connectivity index (χ1) is 15.8. The third kappa shape index (κ3) is 8.07. The van der Waals surface area contributed by atoms with Crippen LogP contribution in [0.5, 0.6) is 11.5 Å². The molecule has 1 aromatic carbocycles. The number of aryl methyl sites for hydroxylation is 1. The van der Waals surface area contributed by atoms with E-state index >= 15 is 0 Å². The zero-order valence-corrected chi connectivity index (χ0v) is 21.7. The van der Waals surface area contributed by atoms with Gasteiger partial charge >= 0.3 is 0 Å². The zero-order valence-electron chi connectivity index (χ0n) is 20.8. The van der Waals surface area contributed by atoms with E-state index in [-0.39, 0.29) is 24.3 Å². The quantitative estimate of drug-likeness (QED) is 0.413. The molecule has 0 saturated heterocycles. The Labute approximate surface area is 202 Å². The van der Waals surface area contributed by atoms with Crippen molar-refractivity contribution in [1.82, 2.24) is 9.80 Å². The molecule has 1 heterocycles. The zero-order chi connectivity index (χ0) is 24.4. The highest BCUT2D eigenvalue weighted by Crippen LogP contribution is 2.28. The molecule has 0 fully saturated rings. The van der Waals surface area contributed by atoms with Gasteiger partial charge in [0.25, 0.3) is 0 Å². The molecule has 0 aliphatic rings. The number of unbranched alkanes of at least 4 members (excludes halogenated alkanes) is 1. The monoisotopic (exact) mass is 474 g/mol. The van der Waals surface area contributed by atoms with E-state index in [0.717, 1.165) is 23.3 Å². The molecule has 2 amide bonds. The smallest absolute Gasteiger partial charge is 0.242 e. The topological polar surface area (TPSA) is 59.1 Å². The summed E-state index contributed by atoms with van der Waals surface area (Å²) in [6, 6.07) is 9.98. The van der Waals surface area contributed by atoms with E-state index in [1.165, 1.54) is 4.88 Å². The number of benzene rings is 1. The summed E-state index contributed by atoms with van der Waals surface area (Å²) in [6.45, 7) is 9.76. The summed E-state index contributed by atoms with van der Waals surface area (Å²) >= 11 is 1.70. The van der Waals surface area contributed by atoms with E-state index < -0.39 is 0 Å². The van der Waals surface area contributed by atoms with Crippen LogP contribution in [0.15, 0.2) is 30.3 Å². The van der Waals surface area contributed by atoms with Crippen LogP contribution in [0.3, 0.4) is 0 Å².